The maximum absolute atomic E-state index is 13.1. The van der Waals surface area contributed by atoms with Crippen LogP contribution < -0.4 is 25.2 Å². The molecule has 10 heteroatoms. The fourth-order valence-electron chi connectivity index (χ4n) is 3.31. The summed E-state index contributed by atoms with van der Waals surface area (Å²) in [5.74, 6) is 0.876. The highest BCUT2D eigenvalue weighted by atomic mass is 19.4. The standard InChI is InChI=1S/C22H18F3NO6/c1-12(13-2-5-17-19(8-13)30-7-6-29-17)26-20(27)11-31-14-3-4-15-16(22(23,24)25)10-21(28)32-18(15)9-14/h2-5,8-10,12H,6-7,11H2,1H3,(H,26,27)/t12-/m0/s1. The van der Waals surface area contributed by atoms with Crippen molar-refractivity contribution in [1.29, 1.82) is 0 Å². The number of carbonyl (C=O) groups is 1. The molecule has 1 aliphatic heterocycles. The Kier molecular flexibility index (Phi) is 5.68. The average Bonchev–Trinajstić information content (AvgIpc) is 2.75. The first kappa shape index (κ1) is 21.5. The summed E-state index contributed by atoms with van der Waals surface area (Å²) in [6, 6.07) is 8.94. The Labute approximate surface area is 179 Å². The van der Waals surface area contributed by atoms with E-state index in [0.717, 1.165) is 17.7 Å². The van der Waals surface area contributed by atoms with Gasteiger partial charge in [-0.25, -0.2) is 4.79 Å². The second-order valence-electron chi connectivity index (χ2n) is 7.12. The van der Waals surface area contributed by atoms with Crippen molar-refractivity contribution in [3.63, 3.8) is 0 Å². The SMILES string of the molecule is C[C@H](NC(=O)COc1ccc2c(C(F)(F)F)cc(=O)oc2c1)c1ccc2c(c1)OCCO2. The molecule has 7 nitrogen and oxygen atoms in total. The molecule has 4 rings (SSSR count). The molecule has 0 radical (unpaired) electrons. The lowest BCUT2D eigenvalue weighted by Crippen LogP contribution is -2.31. The van der Waals surface area contributed by atoms with Crippen LogP contribution in [0.2, 0.25) is 0 Å². The second kappa shape index (κ2) is 8.45. The van der Waals surface area contributed by atoms with Gasteiger partial charge in [0, 0.05) is 17.5 Å². The number of alkyl halides is 3. The highest BCUT2D eigenvalue weighted by Gasteiger charge is 2.33. The van der Waals surface area contributed by atoms with Crippen molar-refractivity contribution in [2.24, 2.45) is 0 Å². The molecule has 0 bridgehead atoms. The molecule has 1 N–H and O–H groups in total. The lowest BCUT2D eigenvalue weighted by molar-refractivity contribution is -0.136. The summed E-state index contributed by atoms with van der Waals surface area (Å²) in [5.41, 5.74) is -1.71. The molecular formula is C22H18F3NO6. The molecule has 168 valence electrons. The lowest BCUT2D eigenvalue weighted by Gasteiger charge is -2.21. The van der Waals surface area contributed by atoms with E-state index in [9.17, 15) is 22.8 Å². The zero-order valence-electron chi connectivity index (χ0n) is 16.8. The Morgan fingerprint density at radius 1 is 1.09 bits per heavy atom. The van der Waals surface area contributed by atoms with Crippen molar-refractivity contribution in [2.75, 3.05) is 19.8 Å². The molecule has 0 aliphatic carbocycles. The topological polar surface area (TPSA) is 87.0 Å². The van der Waals surface area contributed by atoms with Crippen LogP contribution in [0.4, 0.5) is 13.2 Å². The molecule has 1 atom stereocenters. The fraction of sp³-hybridized carbons (Fsp3) is 0.273. The van der Waals surface area contributed by atoms with Gasteiger partial charge in [-0.05, 0) is 36.8 Å². The molecule has 0 saturated carbocycles. The summed E-state index contributed by atoms with van der Waals surface area (Å²) in [6.45, 7) is 2.32. The maximum atomic E-state index is 13.1. The van der Waals surface area contributed by atoms with Crippen molar-refractivity contribution in [3.8, 4) is 17.2 Å². The molecule has 0 fully saturated rings. The summed E-state index contributed by atoms with van der Waals surface area (Å²) in [4.78, 5) is 23.8. The van der Waals surface area contributed by atoms with Gasteiger partial charge in [-0.2, -0.15) is 13.2 Å². The van der Waals surface area contributed by atoms with Crippen molar-refractivity contribution < 1.29 is 36.6 Å². The lowest BCUT2D eigenvalue weighted by atomic mass is 10.1. The van der Waals surface area contributed by atoms with Crippen LogP contribution in [0.1, 0.15) is 24.1 Å². The number of nitrogens with one attached hydrogen (secondary N) is 1. The number of hydrogen-bond donors (Lipinski definition) is 1. The van der Waals surface area contributed by atoms with Crippen LogP contribution in [-0.2, 0) is 11.0 Å². The fourth-order valence-corrected chi connectivity index (χ4v) is 3.31. The predicted molar refractivity (Wildman–Crippen MR) is 107 cm³/mol. The van der Waals surface area contributed by atoms with E-state index in [4.69, 9.17) is 18.6 Å². The normalized spacial score (nSPS) is 14.1. The predicted octanol–water partition coefficient (Wildman–Crippen LogP) is 3.84. The number of benzene rings is 2. The van der Waals surface area contributed by atoms with Crippen LogP contribution in [0, 0.1) is 0 Å². The zero-order valence-corrected chi connectivity index (χ0v) is 16.8. The smallest absolute Gasteiger partial charge is 0.417 e. The number of amides is 1. The Hall–Kier alpha value is -3.69. The molecule has 1 aliphatic rings. The van der Waals surface area contributed by atoms with Crippen LogP contribution in [-0.4, -0.2) is 25.7 Å². The van der Waals surface area contributed by atoms with E-state index in [2.05, 4.69) is 5.32 Å². The molecule has 2 aromatic carbocycles. The Morgan fingerprint density at radius 3 is 2.59 bits per heavy atom. The molecule has 2 heterocycles. The van der Waals surface area contributed by atoms with Gasteiger partial charge in [-0.1, -0.05) is 6.07 Å². The molecule has 32 heavy (non-hydrogen) atoms. The van der Waals surface area contributed by atoms with Crippen LogP contribution in [0.25, 0.3) is 11.0 Å². The third kappa shape index (κ3) is 4.63. The molecule has 0 spiro atoms. The number of rotatable bonds is 5. The van der Waals surface area contributed by atoms with Crippen molar-refractivity contribution in [1.82, 2.24) is 5.32 Å². The zero-order chi connectivity index (χ0) is 22.9. The van der Waals surface area contributed by atoms with E-state index in [-0.39, 0.29) is 29.4 Å². The number of hydrogen-bond acceptors (Lipinski definition) is 6. The van der Waals surface area contributed by atoms with Crippen molar-refractivity contribution >= 4 is 16.9 Å². The molecule has 0 unspecified atom stereocenters. The van der Waals surface area contributed by atoms with Gasteiger partial charge in [-0.15, -0.1) is 0 Å². The minimum absolute atomic E-state index is 0.0853. The van der Waals surface area contributed by atoms with Crippen LogP contribution in [0.3, 0.4) is 0 Å². The first-order chi connectivity index (χ1) is 15.2. The van der Waals surface area contributed by atoms with Crippen molar-refractivity contribution in [3.05, 3.63) is 64.0 Å². The third-order valence-corrected chi connectivity index (χ3v) is 4.84. The maximum Gasteiger partial charge on any atom is 0.417 e. The van der Waals surface area contributed by atoms with Gasteiger partial charge >= 0.3 is 11.8 Å². The first-order valence-electron chi connectivity index (χ1n) is 9.67. The minimum atomic E-state index is -4.71. The Bertz CT molecular complexity index is 1220. The van der Waals surface area contributed by atoms with E-state index < -0.39 is 23.3 Å². The van der Waals surface area contributed by atoms with Crippen LogP contribution in [0.5, 0.6) is 17.2 Å². The number of carbonyl (C=O) groups excluding carboxylic acids is 1. The number of ether oxygens (including phenoxy) is 3. The second-order valence-corrected chi connectivity index (χ2v) is 7.12. The summed E-state index contributed by atoms with van der Waals surface area (Å²) < 4.78 is 60.6. The average molecular weight is 449 g/mol. The highest BCUT2D eigenvalue weighted by Crippen LogP contribution is 2.35. The molecular weight excluding hydrogens is 431 g/mol. The van der Waals surface area contributed by atoms with E-state index >= 15 is 0 Å². The summed E-state index contributed by atoms with van der Waals surface area (Å²) in [7, 11) is 0. The minimum Gasteiger partial charge on any atom is -0.486 e. The van der Waals surface area contributed by atoms with E-state index in [1.54, 1.807) is 19.1 Å². The van der Waals surface area contributed by atoms with Gasteiger partial charge in [0.15, 0.2) is 18.1 Å². The van der Waals surface area contributed by atoms with Gasteiger partial charge in [-0.3, -0.25) is 4.79 Å². The quantitative estimate of drug-likeness (QED) is 0.596. The van der Waals surface area contributed by atoms with Crippen molar-refractivity contribution in [2.45, 2.75) is 19.1 Å². The van der Waals surface area contributed by atoms with Crippen LogP contribution in [0.15, 0.2) is 51.7 Å². The van der Waals surface area contributed by atoms with Gasteiger partial charge in [0.05, 0.1) is 11.6 Å². The molecule has 0 saturated heterocycles. The van der Waals surface area contributed by atoms with Gasteiger partial charge in [0.1, 0.15) is 24.5 Å². The Balaban J connectivity index is 1.42. The van der Waals surface area contributed by atoms with Gasteiger partial charge < -0.3 is 23.9 Å². The molecule has 1 aromatic heterocycles. The first-order valence-corrected chi connectivity index (χ1v) is 9.67. The monoisotopic (exact) mass is 449 g/mol. The number of halogens is 3. The van der Waals surface area contributed by atoms with E-state index in [0.29, 0.717) is 30.8 Å². The summed E-state index contributed by atoms with van der Waals surface area (Å²) >= 11 is 0. The molecule has 1 amide bonds. The van der Waals surface area contributed by atoms with E-state index in [1.807, 2.05) is 6.07 Å². The summed E-state index contributed by atoms with van der Waals surface area (Å²) in [6.07, 6.45) is -4.71. The number of fused-ring (bicyclic) bond motifs is 2. The largest absolute Gasteiger partial charge is 0.486 e. The van der Waals surface area contributed by atoms with Gasteiger partial charge in [0.25, 0.3) is 5.91 Å². The highest BCUT2D eigenvalue weighted by molar-refractivity contribution is 5.82. The van der Waals surface area contributed by atoms with Gasteiger partial charge in [0.2, 0.25) is 0 Å². The molecule has 3 aromatic rings. The Morgan fingerprint density at radius 2 is 1.84 bits per heavy atom. The van der Waals surface area contributed by atoms with E-state index in [1.165, 1.54) is 6.07 Å². The third-order valence-electron chi connectivity index (χ3n) is 4.84. The van der Waals surface area contributed by atoms with Crippen LogP contribution >= 0.6 is 0 Å². The summed E-state index contributed by atoms with van der Waals surface area (Å²) in [5, 5.41) is 2.49.